The molecule has 130 valence electrons. The highest BCUT2D eigenvalue weighted by Gasteiger charge is 2.14. The maximum Gasteiger partial charge on any atom is 0.340 e. The zero-order chi connectivity index (χ0) is 18.5. The van der Waals surface area contributed by atoms with Crippen LogP contribution in [0.15, 0.2) is 66.9 Å². The van der Waals surface area contributed by atoms with Crippen LogP contribution in [0.25, 0.3) is 11.1 Å². The molecular formula is C20H13Cl2NO3. The maximum atomic E-state index is 12.2. The molecule has 0 aliphatic rings. The van der Waals surface area contributed by atoms with Gasteiger partial charge in [-0.15, -0.1) is 0 Å². The minimum atomic E-state index is -0.690. The molecule has 0 unspecified atom stereocenters. The fourth-order valence-electron chi connectivity index (χ4n) is 2.31. The molecule has 0 radical (unpaired) electrons. The highest BCUT2D eigenvalue weighted by Crippen LogP contribution is 2.21. The van der Waals surface area contributed by atoms with Crippen molar-refractivity contribution in [2.75, 3.05) is 6.61 Å². The monoisotopic (exact) mass is 385 g/mol. The van der Waals surface area contributed by atoms with E-state index in [1.807, 2.05) is 42.5 Å². The van der Waals surface area contributed by atoms with Crippen LogP contribution in [0.2, 0.25) is 10.2 Å². The molecule has 0 fully saturated rings. The highest BCUT2D eigenvalue weighted by molar-refractivity contribution is 6.41. The van der Waals surface area contributed by atoms with Crippen molar-refractivity contribution in [2.24, 2.45) is 0 Å². The molecule has 3 rings (SSSR count). The number of halogens is 2. The Balaban J connectivity index is 1.63. The molecule has 0 saturated carbocycles. The molecule has 6 heteroatoms. The van der Waals surface area contributed by atoms with Gasteiger partial charge in [0.15, 0.2) is 12.4 Å². The minimum Gasteiger partial charge on any atom is -0.454 e. The van der Waals surface area contributed by atoms with Crippen LogP contribution < -0.4 is 0 Å². The van der Waals surface area contributed by atoms with Crippen molar-refractivity contribution in [3.05, 3.63) is 88.2 Å². The largest absolute Gasteiger partial charge is 0.454 e. The minimum absolute atomic E-state index is 0.0952. The van der Waals surface area contributed by atoms with Crippen molar-refractivity contribution < 1.29 is 14.3 Å². The van der Waals surface area contributed by atoms with Crippen LogP contribution in [0.4, 0.5) is 0 Å². The predicted octanol–water partition coefficient (Wildman–Crippen LogP) is 5.10. The number of hydrogen-bond acceptors (Lipinski definition) is 4. The number of carbonyl (C=O) groups is 2. The summed E-state index contributed by atoms with van der Waals surface area (Å²) in [5.41, 5.74) is 2.66. The zero-order valence-corrected chi connectivity index (χ0v) is 15.0. The standard InChI is InChI=1S/C20H13Cl2NO3/c21-17-10-16(11-23-19(17)22)20(25)26-12-18(24)15-8-6-14(7-9-15)13-4-2-1-3-5-13/h1-11H,12H2. The molecular weight excluding hydrogens is 373 g/mol. The van der Waals surface area contributed by atoms with Crippen molar-refractivity contribution in [3.8, 4) is 11.1 Å². The smallest absolute Gasteiger partial charge is 0.340 e. The molecule has 0 atom stereocenters. The summed E-state index contributed by atoms with van der Waals surface area (Å²) in [6, 6.07) is 18.3. The number of hydrogen-bond donors (Lipinski definition) is 0. The van der Waals surface area contributed by atoms with Crippen LogP contribution in [0, 0.1) is 0 Å². The molecule has 0 spiro atoms. The van der Waals surface area contributed by atoms with Crippen molar-refractivity contribution >= 4 is 35.0 Å². The third-order valence-corrected chi connectivity index (χ3v) is 4.37. The van der Waals surface area contributed by atoms with E-state index in [2.05, 4.69) is 4.98 Å². The van der Waals surface area contributed by atoms with Crippen LogP contribution in [0.5, 0.6) is 0 Å². The Bertz CT molecular complexity index is 941. The quantitative estimate of drug-likeness (QED) is 0.348. The third kappa shape index (κ3) is 4.28. The van der Waals surface area contributed by atoms with Gasteiger partial charge in [0, 0.05) is 11.8 Å². The lowest BCUT2D eigenvalue weighted by atomic mass is 10.0. The Morgan fingerprint density at radius 3 is 2.19 bits per heavy atom. The van der Waals surface area contributed by atoms with Crippen LogP contribution in [-0.2, 0) is 4.74 Å². The van der Waals surface area contributed by atoms with E-state index in [9.17, 15) is 9.59 Å². The van der Waals surface area contributed by atoms with E-state index < -0.39 is 5.97 Å². The summed E-state index contributed by atoms with van der Waals surface area (Å²) in [5.74, 6) is -0.990. The number of nitrogens with zero attached hydrogens (tertiary/aromatic N) is 1. The summed E-state index contributed by atoms with van der Waals surface area (Å²) in [7, 11) is 0. The Hall–Kier alpha value is -2.69. The van der Waals surface area contributed by atoms with Crippen molar-refractivity contribution in [1.29, 1.82) is 0 Å². The number of Topliss-reactive ketones (excluding diaryl/α,β-unsaturated/α-hetero) is 1. The molecule has 4 nitrogen and oxygen atoms in total. The molecule has 0 bridgehead atoms. The number of esters is 1. The van der Waals surface area contributed by atoms with Gasteiger partial charge >= 0.3 is 5.97 Å². The summed E-state index contributed by atoms with van der Waals surface area (Å²) < 4.78 is 5.02. The first kappa shape index (κ1) is 18.1. The van der Waals surface area contributed by atoms with Gasteiger partial charge in [-0.25, -0.2) is 9.78 Å². The molecule has 3 aromatic rings. The summed E-state index contributed by atoms with van der Waals surface area (Å²) in [6.07, 6.45) is 1.25. The molecule has 2 aromatic carbocycles. The van der Waals surface area contributed by atoms with Gasteiger partial charge < -0.3 is 4.74 Å². The van der Waals surface area contributed by atoms with Crippen LogP contribution in [0.3, 0.4) is 0 Å². The maximum absolute atomic E-state index is 12.2. The van der Waals surface area contributed by atoms with Crippen molar-refractivity contribution in [1.82, 2.24) is 4.98 Å². The topological polar surface area (TPSA) is 56.3 Å². The lowest BCUT2D eigenvalue weighted by Crippen LogP contribution is -2.14. The summed E-state index contributed by atoms with van der Waals surface area (Å²) in [5, 5.41) is 0.238. The van der Waals surface area contributed by atoms with Gasteiger partial charge in [-0.05, 0) is 17.2 Å². The molecule has 26 heavy (non-hydrogen) atoms. The first-order valence-corrected chi connectivity index (χ1v) is 8.47. The SMILES string of the molecule is O=C(COC(=O)c1cnc(Cl)c(Cl)c1)c1ccc(-c2ccccc2)cc1. The van der Waals surface area contributed by atoms with Gasteiger partial charge in [0.1, 0.15) is 5.15 Å². The van der Waals surface area contributed by atoms with E-state index in [0.717, 1.165) is 11.1 Å². The van der Waals surface area contributed by atoms with Crippen LogP contribution in [0.1, 0.15) is 20.7 Å². The number of benzene rings is 2. The van der Waals surface area contributed by atoms with E-state index in [-0.39, 0.29) is 28.1 Å². The highest BCUT2D eigenvalue weighted by atomic mass is 35.5. The summed E-state index contributed by atoms with van der Waals surface area (Å²) in [4.78, 5) is 27.9. The first-order valence-electron chi connectivity index (χ1n) is 7.71. The van der Waals surface area contributed by atoms with E-state index in [0.29, 0.717) is 5.56 Å². The van der Waals surface area contributed by atoms with Gasteiger partial charge in [-0.2, -0.15) is 0 Å². The number of rotatable bonds is 5. The van der Waals surface area contributed by atoms with Crippen LogP contribution in [-0.4, -0.2) is 23.3 Å². The molecule has 0 N–H and O–H groups in total. The van der Waals surface area contributed by atoms with E-state index in [1.165, 1.54) is 12.3 Å². The van der Waals surface area contributed by atoms with E-state index >= 15 is 0 Å². The van der Waals surface area contributed by atoms with E-state index in [4.69, 9.17) is 27.9 Å². The van der Waals surface area contributed by atoms with Gasteiger partial charge in [0.05, 0.1) is 10.6 Å². The second-order valence-corrected chi connectivity index (χ2v) is 6.20. The van der Waals surface area contributed by atoms with Crippen LogP contribution >= 0.6 is 23.2 Å². The summed E-state index contributed by atoms with van der Waals surface area (Å²) >= 11 is 11.5. The fraction of sp³-hybridized carbons (Fsp3) is 0.0500. The second kappa shape index (κ2) is 8.13. The average Bonchev–Trinajstić information content (AvgIpc) is 2.68. The lowest BCUT2D eigenvalue weighted by Gasteiger charge is -2.06. The molecule has 0 amide bonds. The Morgan fingerprint density at radius 2 is 1.54 bits per heavy atom. The predicted molar refractivity (Wildman–Crippen MR) is 101 cm³/mol. The molecule has 1 aromatic heterocycles. The average molecular weight is 386 g/mol. The lowest BCUT2D eigenvalue weighted by molar-refractivity contribution is 0.0474. The Morgan fingerprint density at radius 1 is 0.885 bits per heavy atom. The zero-order valence-electron chi connectivity index (χ0n) is 13.5. The Labute approximate surface area is 160 Å². The summed E-state index contributed by atoms with van der Waals surface area (Å²) in [6.45, 7) is -0.371. The second-order valence-electron chi connectivity index (χ2n) is 5.44. The Kier molecular flexibility index (Phi) is 5.66. The van der Waals surface area contributed by atoms with Gasteiger partial charge in [0.2, 0.25) is 0 Å². The number of ether oxygens (including phenoxy) is 1. The first-order chi connectivity index (χ1) is 12.5. The number of pyridine rings is 1. The number of ketones is 1. The molecule has 1 heterocycles. The van der Waals surface area contributed by atoms with Gasteiger partial charge in [0.25, 0.3) is 0 Å². The molecule has 0 saturated heterocycles. The normalized spacial score (nSPS) is 10.4. The fourth-order valence-corrected chi connectivity index (χ4v) is 2.58. The third-order valence-electron chi connectivity index (χ3n) is 3.68. The van der Waals surface area contributed by atoms with Crippen molar-refractivity contribution in [2.45, 2.75) is 0 Å². The molecule has 0 aliphatic carbocycles. The van der Waals surface area contributed by atoms with Gasteiger partial charge in [-0.3, -0.25) is 4.79 Å². The van der Waals surface area contributed by atoms with Crippen molar-refractivity contribution in [3.63, 3.8) is 0 Å². The molecule has 0 aliphatic heterocycles. The number of carbonyl (C=O) groups excluding carboxylic acids is 2. The van der Waals surface area contributed by atoms with E-state index in [1.54, 1.807) is 12.1 Å². The number of aromatic nitrogens is 1. The van der Waals surface area contributed by atoms with Gasteiger partial charge in [-0.1, -0.05) is 77.8 Å².